The Morgan fingerprint density at radius 2 is 2.12 bits per heavy atom. The lowest BCUT2D eigenvalue weighted by molar-refractivity contribution is -0.145. The first-order chi connectivity index (χ1) is 7.90. The lowest BCUT2D eigenvalue weighted by Gasteiger charge is -2.10. The Hall–Kier alpha value is -1.92. The zero-order chi connectivity index (χ0) is 12.9. The number of alkyl halides is 3. The fraction of sp³-hybridized carbons (Fsp3) is 0.300. The Bertz CT molecular complexity index is 393. The molecule has 2 amide bonds. The van der Waals surface area contributed by atoms with Crippen LogP contribution in [0.3, 0.4) is 0 Å². The maximum atomic E-state index is 11.8. The van der Waals surface area contributed by atoms with Crippen molar-refractivity contribution >= 4 is 6.03 Å². The second-order valence-electron chi connectivity index (χ2n) is 3.16. The van der Waals surface area contributed by atoms with Crippen LogP contribution in [0, 0.1) is 0 Å². The molecule has 4 nitrogen and oxygen atoms in total. The lowest BCUT2D eigenvalue weighted by atomic mass is 10.2. The van der Waals surface area contributed by atoms with Gasteiger partial charge in [0.25, 0.3) is 0 Å². The number of hydrogen-bond donors (Lipinski definition) is 2. The second kappa shape index (κ2) is 5.42. The molecule has 0 saturated heterocycles. The number of ether oxygens (including phenoxy) is 1. The van der Waals surface area contributed by atoms with Crippen molar-refractivity contribution < 1.29 is 22.7 Å². The molecular formula is C10H11F3N2O2. The Morgan fingerprint density at radius 1 is 1.41 bits per heavy atom. The van der Waals surface area contributed by atoms with Gasteiger partial charge in [0.2, 0.25) is 0 Å². The topological polar surface area (TPSA) is 50.4 Å². The van der Waals surface area contributed by atoms with Crippen LogP contribution < -0.4 is 15.4 Å². The summed E-state index contributed by atoms with van der Waals surface area (Å²) >= 11 is 0. The molecule has 1 rings (SSSR count). The molecule has 7 heteroatoms. The van der Waals surface area contributed by atoms with Crippen molar-refractivity contribution in [1.29, 1.82) is 0 Å². The monoisotopic (exact) mass is 248 g/mol. The van der Waals surface area contributed by atoms with Gasteiger partial charge < -0.3 is 10.1 Å². The lowest BCUT2D eigenvalue weighted by Crippen LogP contribution is -2.43. The molecule has 0 unspecified atom stereocenters. The van der Waals surface area contributed by atoms with Crippen LogP contribution in [0.15, 0.2) is 24.3 Å². The molecule has 0 spiro atoms. The van der Waals surface area contributed by atoms with Crippen LogP contribution in [-0.4, -0.2) is 19.4 Å². The normalized spacial score (nSPS) is 10.8. The van der Waals surface area contributed by atoms with E-state index in [4.69, 9.17) is 4.74 Å². The molecule has 1 aromatic carbocycles. The van der Waals surface area contributed by atoms with Crippen molar-refractivity contribution in [2.24, 2.45) is 0 Å². The van der Waals surface area contributed by atoms with Gasteiger partial charge in [0, 0.05) is 6.54 Å². The number of benzene rings is 1. The molecule has 0 heterocycles. The second-order valence-corrected chi connectivity index (χ2v) is 3.16. The summed E-state index contributed by atoms with van der Waals surface area (Å²) in [5.41, 5.74) is 0.640. The zero-order valence-electron chi connectivity index (χ0n) is 8.97. The summed E-state index contributed by atoms with van der Waals surface area (Å²) in [5, 5.41) is 2.92. The van der Waals surface area contributed by atoms with Crippen molar-refractivity contribution in [2.45, 2.75) is 12.8 Å². The summed E-state index contributed by atoms with van der Waals surface area (Å²) in [6.07, 6.45) is -4.72. The number of urea groups is 1. The first kappa shape index (κ1) is 13.1. The van der Waals surface area contributed by atoms with E-state index in [2.05, 4.69) is 5.32 Å². The van der Waals surface area contributed by atoms with E-state index < -0.39 is 12.3 Å². The average molecular weight is 248 g/mol. The predicted octanol–water partition coefficient (Wildman–Crippen LogP) is 2.01. The summed E-state index contributed by atoms with van der Waals surface area (Å²) in [6.45, 7) is -0.0148. The molecule has 0 bridgehead atoms. The Balaban J connectivity index is 2.47. The summed E-state index contributed by atoms with van der Waals surface area (Å²) in [4.78, 5) is 10.8. The molecule has 1 aromatic rings. The van der Waals surface area contributed by atoms with Gasteiger partial charge >= 0.3 is 12.3 Å². The Kier molecular flexibility index (Phi) is 4.19. The van der Waals surface area contributed by atoms with E-state index in [0.717, 1.165) is 5.32 Å². The largest absolute Gasteiger partial charge is 0.497 e. The van der Waals surface area contributed by atoms with Gasteiger partial charge in [-0.05, 0) is 17.7 Å². The third-order valence-electron chi connectivity index (χ3n) is 1.84. The van der Waals surface area contributed by atoms with Crippen LogP contribution in [0.5, 0.6) is 5.75 Å². The van der Waals surface area contributed by atoms with E-state index in [1.54, 1.807) is 24.3 Å². The smallest absolute Gasteiger partial charge is 0.485 e. The van der Waals surface area contributed by atoms with Crippen LogP contribution in [0.4, 0.5) is 18.0 Å². The first-order valence-electron chi connectivity index (χ1n) is 4.66. The minimum atomic E-state index is -4.72. The van der Waals surface area contributed by atoms with Gasteiger partial charge in [0.05, 0.1) is 7.11 Å². The SMILES string of the molecule is COc1cccc(CNC(=O)NC(F)(F)F)c1. The Labute approximate surface area is 95.8 Å². The number of carbonyl (C=O) groups is 1. The first-order valence-corrected chi connectivity index (χ1v) is 4.66. The molecular weight excluding hydrogens is 237 g/mol. The molecule has 0 aromatic heterocycles. The van der Waals surface area contributed by atoms with E-state index in [0.29, 0.717) is 11.3 Å². The summed E-state index contributed by atoms with van der Waals surface area (Å²) < 4.78 is 40.2. The number of nitrogens with one attached hydrogen (secondary N) is 2. The van der Waals surface area contributed by atoms with Gasteiger partial charge in [-0.2, -0.15) is 13.2 Å². The molecule has 17 heavy (non-hydrogen) atoms. The molecule has 2 N–H and O–H groups in total. The van der Waals surface area contributed by atoms with E-state index in [-0.39, 0.29) is 6.54 Å². The van der Waals surface area contributed by atoms with Crippen LogP contribution in [0.25, 0.3) is 0 Å². The standard InChI is InChI=1S/C10H11F3N2O2/c1-17-8-4-2-3-7(5-8)6-14-9(16)15-10(11,12)13/h2-5H,6H2,1H3,(H2,14,15,16). The maximum absolute atomic E-state index is 11.8. The van der Waals surface area contributed by atoms with E-state index in [1.807, 2.05) is 0 Å². The van der Waals surface area contributed by atoms with Gasteiger partial charge in [-0.1, -0.05) is 12.1 Å². The van der Waals surface area contributed by atoms with Crippen molar-refractivity contribution in [3.63, 3.8) is 0 Å². The van der Waals surface area contributed by atoms with Gasteiger partial charge in [-0.15, -0.1) is 0 Å². The molecule has 0 saturated carbocycles. The number of carbonyl (C=O) groups excluding carboxylic acids is 1. The summed E-state index contributed by atoms with van der Waals surface area (Å²) in [6, 6.07) is 5.36. The van der Waals surface area contributed by atoms with Crippen molar-refractivity contribution in [1.82, 2.24) is 10.6 Å². The highest BCUT2D eigenvalue weighted by Crippen LogP contribution is 2.12. The van der Waals surface area contributed by atoms with Gasteiger partial charge in [-0.3, -0.25) is 0 Å². The predicted molar refractivity (Wildman–Crippen MR) is 54.4 cm³/mol. The van der Waals surface area contributed by atoms with Gasteiger partial charge in [-0.25, -0.2) is 10.1 Å². The number of halogens is 3. The fourth-order valence-electron chi connectivity index (χ4n) is 1.14. The van der Waals surface area contributed by atoms with Crippen molar-refractivity contribution in [2.75, 3.05) is 7.11 Å². The molecule has 0 aliphatic carbocycles. The highest BCUT2D eigenvalue weighted by molar-refractivity contribution is 5.74. The van der Waals surface area contributed by atoms with Crippen molar-refractivity contribution in [3.05, 3.63) is 29.8 Å². The molecule has 0 atom stereocenters. The van der Waals surface area contributed by atoms with E-state index in [9.17, 15) is 18.0 Å². The zero-order valence-corrected chi connectivity index (χ0v) is 8.97. The number of hydrogen-bond acceptors (Lipinski definition) is 2. The number of methoxy groups -OCH3 is 1. The minimum Gasteiger partial charge on any atom is -0.497 e. The highest BCUT2D eigenvalue weighted by atomic mass is 19.4. The molecule has 0 fully saturated rings. The van der Waals surface area contributed by atoms with E-state index in [1.165, 1.54) is 7.11 Å². The third-order valence-corrected chi connectivity index (χ3v) is 1.84. The summed E-state index contributed by atoms with van der Waals surface area (Å²) in [5.74, 6) is 0.570. The van der Waals surface area contributed by atoms with Crippen molar-refractivity contribution in [3.8, 4) is 5.75 Å². The minimum absolute atomic E-state index is 0.0148. The van der Waals surface area contributed by atoms with Crippen LogP contribution in [0.2, 0.25) is 0 Å². The van der Waals surface area contributed by atoms with Crippen LogP contribution in [0.1, 0.15) is 5.56 Å². The molecule has 0 radical (unpaired) electrons. The number of rotatable bonds is 3. The average Bonchev–Trinajstić information content (AvgIpc) is 2.24. The van der Waals surface area contributed by atoms with Crippen LogP contribution >= 0.6 is 0 Å². The third kappa shape index (κ3) is 5.10. The molecule has 0 aliphatic rings. The summed E-state index contributed by atoms with van der Waals surface area (Å²) in [7, 11) is 1.48. The molecule has 0 aliphatic heterocycles. The Morgan fingerprint density at radius 3 is 2.71 bits per heavy atom. The van der Waals surface area contributed by atoms with E-state index >= 15 is 0 Å². The van der Waals surface area contributed by atoms with Gasteiger partial charge in [0.15, 0.2) is 0 Å². The highest BCUT2D eigenvalue weighted by Gasteiger charge is 2.29. The maximum Gasteiger partial charge on any atom is 0.485 e. The van der Waals surface area contributed by atoms with Crippen LogP contribution in [-0.2, 0) is 6.54 Å². The quantitative estimate of drug-likeness (QED) is 0.804. The van der Waals surface area contributed by atoms with Gasteiger partial charge in [0.1, 0.15) is 5.75 Å². The number of amides is 2. The molecule has 94 valence electrons. The fourth-order valence-corrected chi connectivity index (χ4v) is 1.14.